The number of aromatic nitrogens is 2. The Hall–Kier alpha value is -3.60. The monoisotopic (exact) mass is 372 g/mol. The number of ketones is 1. The van der Waals surface area contributed by atoms with E-state index in [2.05, 4.69) is 9.97 Å². The van der Waals surface area contributed by atoms with Crippen LogP contribution in [0, 0.1) is 6.92 Å². The molecule has 0 amide bonds. The summed E-state index contributed by atoms with van der Waals surface area (Å²) in [4.78, 5) is 20.7. The fourth-order valence-corrected chi connectivity index (χ4v) is 3.35. The Bertz CT molecular complexity index is 1180. The van der Waals surface area contributed by atoms with E-state index in [1.54, 1.807) is 32.5 Å². The third-order valence-electron chi connectivity index (χ3n) is 4.85. The number of carbonyl (C=O) groups is 1. The van der Waals surface area contributed by atoms with E-state index in [-0.39, 0.29) is 5.78 Å². The van der Waals surface area contributed by atoms with Crippen molar-refractivity contribution < 1.29 is 14.3 Å². The number of ether oxygens (including phenoxy) is 2. The second kappa shape index (κ2) is 7.19. The van der Waals surface area contributed by atoms with Crippen LogP contribution in [0.1, 0.15) is 21.5 Å². The number of hydrogen-bond donors (Lipinski definition) is 1. The third-order valence-corrected chi connectivity index (χ3v) is 4.85. The zero-order valence-electron chi connectivity index (χ0n) is 15.9. The van der Waals surface area contributed by atoms with Crippen molar-refractivity contribution in [2.45, 2.75) is 6.92 Å². The standard InChI is InChI=1S/C23H20N2O3/c1-14-9-18(28-3)7-8-19(14)16-11-20-21(13-25-23(20)24-12-16)22(26)15-5-4-6-17(10-15)27-2/h4-13H,1-3H3,(H,24,25). The molecule has 0 unspecified atom stereocenters. The minimum absolute atomic E-state index is 0.0736. The number of aryl methyl sites for hydroxylation is 1. The smallest absolute Gasteiger partial charge is 0.195 e. The number of hydrogen-bond acceptors (Lipinski definition) is 4. The Kier molecular flexibility index (Phi) is 4.57. The summed E-state index contributed by atoms with van der Waals surface area (Å²) in [5.41, 5.74) is 4.93. The molecular formula is C23H20N2O3. The summed E-state index contributed by atoms with van der Waals surface area (Å²) >= 11 is 0. The zero-order valence-corrected chi connectivity index (χ0v) is 15.9. The molecule has 0 aliphatic heterocycles. The van der Waals surface area contributed by atoms with Gasteiger partial charge >= 0.3 is 0 Å². The lowest BCUT2D eigenvalue weighted by atomic mass is 9.98. The van der Waals surface area contributed by atoms with Gasteiger partial charge in [-0.15, -0.1) is 0 Å². The summed E-state index contributed by atoms with van der Waals surface area (Å²) in [6, 6.07) is 15.1. The number of nitrogens with zero attached hydrogens (tertiary/aromatic N) is 1. The molecule has 28 heavy (non-hydrogen) atoms. The number of benzene rings is 2. The predicted octanol–water partition coefficient (Wildman–Crippen LogP) is 4.79. The SMILES string of the molecule is COc1cccc(C(=O)c2c[nH]c3ncc(-c4ccc(OC)cc4C)cc23)c1. The molecule has 2 heterocycles. The number of fused-ring (bicyclic) bond motifs is 1. The molecule has 0 saturated heterocycles. The number of carbonyl (C=O) groups excluding carboxylic acids is 1. The second-order valence-corrected chi connectivity index (χ2v) is 6.56. The van der Waals surface area contributed by atoms with Crippen LogP contribution in [0.15, 0.2) is 60.9 Å². The first kappa shape index (κ1) is 17.8. The van der Waals surface area contributed by atoms with Crippen molar-refractivity contribution in [3.8, 4) is 22.6 Å². The maximum atomic E-state index is 13.1. The van der Waals surface area contributed by atoms with E-state index in [9.17, 15) is 4.79 Å². The van der Waals surface area contributed by atoms with Crippen molar-refractivity contribution in [3.05, 3.63) is 77.6 Å². The van der Waals surface area contributed by atoms with Crippen molar-refractivity contribution in [3.63, 3.8) is 0 Å². The summed E-state index contributed by atoms with van der Waals surface area (Å²) in [6.07, 6.45) is 3.53. The molecule has 2 aromatic heterocycles. The van der Waals surface area contributed by atoms with E-state index < -0.39 is 0 Å². The molecule has 4 aromatic rings. The van der Waals surface area contributed by atoms with Gasteiger partial charge < -0.3 is 14.5 Å². The van der Waals surface area contributed by atoms with Crippen molar-refractivity contribution in [1.82, 2.24) is 9.97 Å². The van der Waals surface area contributed by atoms with Gasteiger partial charge in [-0.2, -0.15) is 0 Å². The van der Waals surface area contributed by atoms with Crippen LogP contribution in [0.3, 0.4) is 0 Å². The predicted molar refractivity (Wildman–Crippen MR) is 109 cm³/mol. The Morgan fingerprint density at radius 1 is 1.00 bits per heavy atom. The van der Waals surface area contributed by atoms with Gasteiger partial charge in [0, 0.05) is 34.5 Å². The van der Waals surface area contributed by atoms with Crippen LogP contribution in [0.2, 0.25) is 0 Å². The summed E-state index contributed by atoms with van der Waals surface area (Å²) < 4.78 is 10.5. The van der Waals surface area contributed by atoms with Gasteiger partial charge in [0.05, 0.1) is 14.2 Å². The minimum atomic E-state index is -0.0736. The first-order valence-electron chi connectivity index (χ1n) is 8.91. The molecule has 140 valence electrons. The van der Waals surface area contributed by atoms with Crippen LogP contribution in [-0.4, -0.2) is 30.0 Å². The molecule has 0 aliphatic carbocycles. The van der Waals surface area contributed by atoms with Gasteiger partial charge in [0.1, 0.15) is 17.1 Å². The topological polar surface area (TPSA) is 64.2 Å². The Morgan fingerprint density at radius 2 is 1.79 bits per heavy atom. The summed E-state index contributed by atoms with van der Waals surface area (Å²) in [6.45, 7) is 2.03. The number of methoxy groups -OCH3 is 2. The maximum Gasteiger partial charge on any atom is 0.195 e. The molecule has 0 fully saturated rings. The summed E-state index contributed by atoms with van der Waals surface area (Å²) in [5.74, 6) is 1.39. The van der Waals surface area contributed by atoms with E-state index >= 15 is 0 Å². The molecule has 0 aliphatic rings. The number of H-pyrrole nitrogens is 1. The average molecular weight is 372 g/mol. The first-order valence-corrected chi connectivity index (χ1v) is 8.91. The number of rotatable bonds is 5. The lowest BCUT2D eigenvalue weighted by Crippen LogP contribution is -2.01. The van der Waals surface area contributed by atoms with Crippen LogP contribution >= 0.6 is 0 Å². The minimum Gasteiger partial charge on any atom is -0.497 e. The maximum absolute atomic E-state index is 13.1. The molecule has 2 aromatic carbocycles. The van der Waals surface area contributed by atoms with Crippen LogP contribution in [0.4, 0.5) is 0 Å². The van der Waals surface area contributed by atoms with Crippen LogP contribution in [-0.2, 0) is 0 Å². The van der Waals surface area contributed by atoms with E-state index in [1.165, 1.54) is 0 Å². The molecule has 0 spiro atoms. The zero-order chi connectivity index (χ0) is 19.7. The number of aromatic amines is 1. The highest BCUT2D eigenvalue weighted by Gasteiger charge is 2.16. The molecule has 0 atom stereocenters. The highest BCUT2D eigenvalue weighted by Crippen LogP contribution is 2.30. The van der Waals surface area contributed by atoms with Crippen LogP contribution in [0.25, 0.3) is 22.2 Å². The van der Waals surface area contributed by atoms with Crippen molar-refractivity contribution >= 4 is 16.8 Å². The molecule has 5 heteroatoms. The Labute approximate surface area is 163 Å². The fraction of sp³-hybridized carbons (Fsp3) is 0.130. The van der Waals surface area contributed by atoms with Gasteiger partial charge in [0.2, 0.25) is 0 Å². The molecule has 1 N–H and O–H groups in total. The van der Waals surface area contributed by atoms with Gasteiger partial charge in [-0.25, -0.2) is 4.98 Å². The van der Waals surface area contributed by atoms with E-state index in [1.807, 2.05) is 49.5 Å². The van der Waals surface area contributed by atoms with Crippen molar-refractivity contribution in [2.24, 2.45) is 0 Å². The molecule has 5 nitrogen and oxygen atoms in total. The van der Waals surface area contributed by atoms with Crippen LogP contribution < -0.4 is 9.47 Å². The number of nitrogens with one attached hydrogen (secondary N) is 1. The Balaban J connectivity index is 1.79. The third kappa shape index (κ3) is 3.11. The first-order chi connectivity index (χ1) is 13.6. The molecular weight excluding hydrogens is 352 g/mol. The van der Waals surface area contributed by atoms with E-state index in [0.717, 1.165) is 27.8 Å². The largest absolute Gasteiger partial charge is 0.497 e. The van der Waals surface area contributed by atoms with Gasteiger partial charge in [-0.05, 0) is 48.4 Å². The fourth-order valence-electron chi connectivity index (χ4n) is 3.35. The highest BCUT2D eigenvalue weighted by molar-refractivity contribution is 6.16. The van der Waals surface area contributed by atoms with Gasteiger partial charge in [0.25, 0.3) is 0 Å². The van der Waals surface area contributed by atoms with Crippen LogP contribution in [0.5, 0.6) is 11.5 Å². The molecule has 0 radical (unpaired) electrons. The molecule has 0 saturated carbocycles. The van der Waals surface area contributed by atoms with E-state index in [0.29, 0.717) is 22.5 Å². The van der Waals surface area contributed by atoms with Gasteiger partial charge in [0.15, 0.2) is 5.78 Å². The van der Waals surface area contributed by atoms with Crippen molar-refractivity contribution in [1.29, 1.82) is 0 Å². The lowest BCUT2D eigenvalue weighted by Gasteiger charge is -2.09. The molecule has 4 rings (SSSR count). The average Bonchev–Trinajstić information content (AvgIpc) is 3.16. The molecule has 0 bridgehead atoms. The normalized spacial score (nSPS) is 10.8. The quantitative estimate of drug-likeness (QED) is 0.512. The summed E-state index contributed by atoms with van der Waals surface area (Å²) in [5, 5.41) is 0.792. The summed E-state index contributed by atoms with van der Waals surface area (Å²) in [7, 11) is 3.24. The Morgan fingerprint density at radius 3 is 2.54 bits per heavy atom. The second-order valence-electron chi connectivity index (χ2n) is 6.56. The number of pyridine rings is 1. The van der Waals surface area contributed by atoms with Crippen molar-refractivity contribution in [2.75, 3.05) is 14.2 Å². The van der Waals surface area contributed by atoms with E-state index in [4.69, 9.17) is 9.47 Å². The van der Waals surface area contributed by atoms with Gasteiger partial charge in [-0.3, -0.25) is 4.79 Å². The lowest BCUT2D eigenvalue weighted by molar-refractivity contribution is 0.104. The van der Waals surface area contributed by atoms with Gasteiger partial charge in [-0.1, -0.05) is 18.2 Å². The highest BCUT2D eigenvalue weighted by atomic mass is 16.5.